The fraction of sp³-hybridized carbons (Fsp3) is 0.750. The van der Waals surface area contributed by atoms with E-state index in [2.05, 4.69) is 10.4 Å². The van der Waals surface area contributed by atoms with Crippen LogP contribution in [0.15, 0.2) is 12.4 Å². The van der Waals surface area contributed by atoms with Gasteiger partial charge >= 0.3 is 6.03 Å². The van der Waals surface area contributed by atoms with Crippen molar-refractivity contribution in [3.05, 3.63) is 18.0 Å². The van der Waals surface area contributed by atoms with E-state index in [4.69, 9.17) is 0 Å². The normalized spacial score (nSPS) is 27.7. The molecule has 1 saturated heterocycles. The first-order valence-corrected chi connectivity index (χ1v) is 10.4. The summed E-state index contributed by atoms with van der Waals surface area (Å²) in [6.45, 7) is 0.962. The molecule has 2 heterocycles. The zero-order valence-electron chi connectivity index (χ0n) is 13.9. The van der Waals surface area contributed by atoms with E-state index in [1.807, 2.05) is 0 Å². The third-order valence-electron chi connectivity index (χ3n) is 5.73. The van der Waals surface area contributed by atoms with Crippen LogP contribution in [0.1, 0.15) is 37.3 Å². The standard InChI is InChI=1S/C16H24N4O3S/c1-19-9-12(8-18-19)14-10-24(22,23)7-6-20(14)15(21)17-11-16(4-5-16)13-2-3-13/h8-9,13-14H,2-7,10-11H2,1H3,(H,17,21)/t14-/m1/s1. The van der Waals surface area contributed by atoms with Crippen molar-refractivity contribution >= 4 is 15.9 Å². The molecule has 1 aromatic heterocycles. The molecule has 2 saturated carbocycles. The maximum atomic E-state index is 12.7. The Hall–Kier alpha value is -1.57. The number of aryl methyl sites for hydroxylation is 1. The van der Waals surface area contributed by atoms with E-state index in [1.165, 1.54) is 25.7 Å². The lowest BCUT2D eigenvalue weighted by atomic mass is 10.0. The lowest BCUT2D eigenvalue weighted by molar-refractivity contribution is 0.177. The second kappa shape index (κ2) is 5.47. The highest BCUT2D eigenvalue weighted by Gasteiger charge is 2.53. The highest BCUT2D eigenvalue weighted by Crippen LogP contribution is 2.60. The van der Waals surface area contributed by atoms with Crippen LogP contribution in [0.4, 0.5) is 4.79 Å². The number of carbonyl (C=O) groups is 1. The molecule has 3 fully saturated rings. The van der Waals surface area contributed by atoms with E-state index >= 15 is 0 Å². The summed E-state index contributed by atoms with van der Waals surface area (Å²) in [6.07, 6.45) is 8.43. The van der Waals surface area contributed by atoms with E-state index < -0.39 is 15.9 Å². The average Bonchev–Trinajstić information content (AvgIpc) is 3.42. The molecule has 1 aliphatic heterocycles. The predicted molar refractivity (Wildman–Crippen MR) is 89.1 cm³/mol. The minimum Gasteiger partial charge on any atom is -0.337 e. The third kappa shape index (κ3) is 3.03. The summed E-state index contributed by atoms with van der Waals surface area (Å²) in [6, 6.07) is -0.598. The summed E-state index contributed by atoms with van der Waals surface area (Å²) in [5.74, 6) is 0.791. The Morgan fingerprint density at radius 3 is 2.75 bits per heavy atom. The number of amides is 2. The van der Waals surface area contributed by atoms with Crippen LogP contribution < -0.4 is 5.32 Å². The van der Waals surface area contributed by atoms with Crippen molar-refractivity contribution in [2.75, 3.05) is 24.6 Å². The SMILES string of the molecule is Cn1cc([C@H]2CS(=O)(=O)CCN2C(=O)NCC2(C3CC3)CC2)cn1. The molecule has 8 heteroatoms. The van der Waals surface area contributed by atoms with Crippen LogP contribution in [0.2, 0.25) is 0 Å². The van der Waals surface area contributed by atoms with Crippen LogP contribution in [0, 0.1) is 11.3 Å². The van der Waals surface area contributed by atoms with Gasteiger partial charge in [-0.15, -0.1) is 0 Å². The van der Waals surface area contributed by atoms with Crippen LogP contribution in [-0.2, 0) is 16.9 Å². The first-order chi connectivity index (χ1) is 11.4. The monoisotopic (exact) mass is 352 g/mol. The molecule has 132 valence electrons. The Morgan fingerprint density at radius 2 is 2.17 bits per heavy atom. The van der Waals surface area contributed by atoms with E-state index in [0.717, 1.165) is 18.0 Å². The van der Waals surface area contributed by atoms with Gasteiger partial charge in [-0.1, -0.05) is 0 Å². The topological polar surface area (TPSA) is 84.3 Å². The van der Waals surface area contributed by atoms with E-state index in [0.29, 0.717) is 5.41 Å². The number of nitrogens with zero attached hydrogens (tertiary/aromatic N) is 3. The summed E-state index contributed by atoms with van der Waals surface area (Å²) in [5, 5.41) is 7.20. The number of hydrogen-bond acceptors (Lipinski definition) is 4. The van der Waals surface area contributed by atoms with Gasteiger partial charge in [0.2, 0.25) is 0 Å². The van der Waals surface area contributed by atoms with Crippen LogP contribution in [0.5, 0.6) is 0 Å². The van der Waals surface area contributed by atoms with Gasteiger partial charge in [0.25, 0.3) is 0 Å². The maximum Gasteiger partial charge on any atom is 0.317 e. The largest absolute Gasteiger partial charge is 0.337 e. The average molecular weight is 352 g/mol. The zero-order valence-corrected chi connectivity index (χ0v) is 14.8. The van der Waals surface area contributed by atoms with Gasteiger partial charge in [0.05, 0.1) is 23.7 Å². The first kappa shape index (κ1) is 15.9. The Morgan fingerprint density at radius 1 is 1.42 bits per heavy atom. The quantitative estimate of drug-likeness (QED) is 0.879. The van der Waals surface area contributed by atoms with Crippen molar-refractivity contribution in [2.24, 2.45) is 18.4 Å². The van der Waals surface area contributed by atoms with Crippen molar-refractivity contribution in [1.29, 1.82) is 0 Å². The summed E-state index contributed by atoms with van der Waals surface area (Å²) in [5.41, 5.74) is 1.11. The molecule has 1 aromatic rings. The van der Waals surface area contributed by atoms with Crippen molar-refractivity contribution < 1.29 is 13.2 Å². The molecule has 2 amide bonds. The molecule has 0 radical (unpaired) electrons. The van der Waals surface area contributed by atoms with E-state index in [-0.39, 0.29) is 24.1 Å². The van der Waals surface area contributed by atoms with Crippen molar-refractivity contribution in [3.63, 3.8) is 0 Å². The molecule has 4 rings (SSSR count). The van der Waals surface area contributed by atoms with Crippen molar-refractivity contribution in [1.82, 2.24) is 20.0 Å². The smallest absolute Gasteiger partial charge is 0.317 e. The molecule has 0 bridgehead atoms. The number of hydrogen-bond donors (Lipinski definition) is 1. The molecule has 0 spiro atoms. The third-order valence-corrected chi connectivity index (χ3v) is 7.36. The van der Waals surface area contributed by atoms with Gasteiger partial charge in [0.15, 0.2) is 9.84 Å². The fourth-order valence-corrected chi connectivity index (χ4v) is 5.37. The maximum absolute atomic E-state index is 12.7. The van der Waals surface area contributed by atoms with Crippen LogP contribution in [-0.4, -0.2) is 53.7 Å². The second-order valence-corrected chi connectivity index (χ2v) is 9.79. The van der Waals surface area contributed by atoms with Gasteiger partial charge in [-0.3, -0.25) is 4.68 Å². The molecule has 7 nitrogen and oxygen atoms in total. The van der Waals surface area contributed by atoms with Crippen LogP contribution >= 0.6 is 0 Å². The lowest BCUT2D eigenvalue weighted by Crippen LogP contribution is -2.51. The van der Waals surface area contributed by atoms with E-state index in [1.54, 1.807) is 29.0 Å². The zero-order chi connectivity index (χ0) is 16.9. The minimum atomic E-state index is -3.13. The predicted octanol–water partition coefficient (Wildman–Crippen LogP) is 1.09. The van der Waals surface area contributed by atoms with E-state index in [9.17, 15) is 13.2 Å². The second-order valence-electron chi connectivity index (χ2n) is 7.57. The fourth-order valence-electron chi connectivity index (χ4n) is 3.88. The molecule has 0 unspecified atom stereocenters. The Bertz CT molecular complexity index is 749. The van der Waals surface area contributed by atoms with Crippen molar-refractivity contribution in [3.8, 4) is 0 Å². The summed E-state index contributed by atoms with van der Waals surface area (Å²) in [7, 11) is -1.34. The number of aromatic nitrogens is 2. The van der Waals surface area contributed by atoms with Gasteiger partial charge in [-0.25, -0.2) is 13.2 Å². The molecule has 1 atom stereocenters. The Balaban J connectivity index is 1.47. The molecular weight excluding hydrogens is 328 g/mol. The molecule has 1 N–H and O–H groups in total. The highest BCUT2D eigenvalue weighted by molar-refractivity contribution is 7.91. The molecule has 3 aliphatic rings. The summed E-state index contributed by atoms with van der Waals surface area (Å²) >= 11 is 0. The Labute approximate surface area is 142 Å². The molecular formula is C16H24N4O3S. The highest BCUT2D eigenvalue weighted by atomic mass is 32.2. The van der Waals surface area contributed by atoms with Gasteiger partial charge in [0.1, 0.15) is 0 Å². The Kier molecular flexibility index (Phi) is 3.63. The number of urea groups is 1. The number of nitrogens with one attached hydrogen (secondary N) is 1. The number of rotatable bonds is 4. The van der Waals surface area contributed by atoms with Gasteiger partial charge < -0.3 is 10.2 Å². The number of carbonyl (C=O) groups excluding carboxylic acids is 1. The number of sulfone groups is 1. The summed E-state index contributed by atoms with van der Waals surface area (Å²) in [4.78, 5) is 14.4. The van der Waals surface area contributed by atoms with Crippen LogP contribution in [0.25, 0.3) is 0 Å². The molecule has 0 aromatic carbocycles. The minimum absolute atomic E-state index is 0.0279. The van der Waals surface area contributed by atoms with Gasteiger partial charge in [-0.05, 0) is 37.0 Å². The van der Waals surface area contributed by atoms with Gasteiger partial charge in [0, 0.05) is 31.9 Å². The first-order valence-electron chi connectivity index (χ1n) is 8.62. The summed E-state index contributed by atoms with van der Waals surface area (Å²) < 4.78 is 25.7. The lowest BCUT2D eigenvalue weighted by Gasteiger charge is -2.35. The van der Waals surface area contributed by atoms with Crippen molar-refractivity contribution in [2.45, 2.75) is 31.7 Å². The molecule has 2 aliphatic carbocycles. The molecule has 24 heavy (non-hydrogen) atoms. The van der Waals surface area contributed by atoms with Gasteiger partial charge in [-0.2, -0.15) is 5.10 Å². The van der Waals surface area contributed by atoms with Crippen LogP contribution in [0.3, 0.4) is 0 Å².